The maximum absolute atomic E-state index is 14.6. The summed E-state index contributed by atoms with van der Waals surface area (Å²) in [6, 6.07) is 5.30. The molecule has 4 aliphatic heterocycles. The Kier molecular flexibility index (Phi) is 46.4. The zero-order valence-electron chi connectivity index (χ0n) is 68.8. The Morgan fingerprint density at radius 1 is 0.856 bits per heavy atom. The molecule has 19 atom stereocenters. The molecule has 0 saturated carbocycles. The number of rotatable bonds is 34. The van der Waals surface area contributed by atoms with Gasteiger partial charge in [0.2, 0.25) is 29.0 Å². The van der Waals surface area contributed by atoms with Crippen molar-refractivity contribution in [1.29, 1.82) is 0 Å². The monoisotopic (exact) mass is 1990 g/mol. The van der Waals surface area contributed by atoms with E-state index >= 15 is 0 Å². The van der Waals surface area contributed by atoms with Gasteiger partial charge in [0.1, 0.15) is 42.4 Å². The zero-order chi connectivity index (χ0) is 86.6. The van der Waals surface area contributed by atoms with Gasteiger partial charge < -0.3 is 103 Å². The quantitative estimate of drug-likeness (QED) is 0.00598. The molecule has 9 N–H and O–H groups in total. The minimum Gasteiger partial charge on any atom is -0.668 e. The Bertz CT molecular complexity index is 3920. The van der Waals surface area contributed by atoms with E-state index in [1.807, 2.05) is 71.2 Å². The van der Waals surface area contributed by atoms with E-state index in [4.69, 9.17) is 72.2 Å². The van der Waals surface area contributed by atoms with Crippen molar-refractivity contribution in [3.05, 3.63) is 85.3 Å². The predicted octanol–water partition coefficient (Wildman–Crippen LogP) is 9.48. The molecule has 4 saturated heterocycles. The van der Waals surface area contributed by atoms with Gasteiger partial charge in [0.05, 0.1) is 109 Å². The SMILES string of the molecule is CCN(C(C)=O)[C@H]1CO[C@@H](O[C@H]2[C@H](O[C@@H]3C#C/C=C\C#C[C@]4(O)CC(=O)C(NC(=O)OC)=C3/C4=C\CSSC(C)(C)CC(=O)N/N=C(\C)c3ccc(OCCCC([NH-])=O)cc3)O[C@H](C)[C@@H](NO[C@H]3C[C@H](O)[C@H](SC(=O)c4c(C)c(I)c(O[C@@H]5O[C@@H](C)[C@H](O)[C@@H](OC)[C@H]5O)c(OC)c4OC)[C@@H](C)O3)[C@@H]2O)C[C@@H]1OC.CCSSC.CSSS.[Y]. The number of hydrazone groups is 1. The van der Waals surface area contributed by atoms with Crippen LogP contribution in [0.25, 0.3) is 5.73 Å². The zero-order valence-corrected chi connectivity index (χ0v) is 80.4. The number of carbonyl (C=O) groups excluding carboxylic acids is 6. The molecule has 2 bridgehead atoms. The summed E-state index contributed by atoms with van der Waals surface area (Å²) in [6.45, 7) is 17.9. The molecular weight excluding hydrogens is 1880 g/mol. The third kappa shape index (κ3) is 29.7. The number of carbonyl (C=O) groups is 6. The maximum Gasteiger partial charge on any atom is 0.411 e. The minimum absolute atomic E-state index is 0. The van der Waals surface area contributed by atoms with Crippen LogP contribution in [0.3, 0.4) is 0 Å². The van der Waals surface area contributed by atoms with Crippen LogP contribution >= 0.6 is 110 Å². The smallest absolute Gasteiger partial charge is 0.411 e. The second kappa shape index (κ2) is 52.0. The van der Waals surface area contributed by atoms with Crippen molar-refractivity contribution in [3.8, 4) is 46.7 Å². The van der Waals surface area contributed by atoms with Crippen LogP contribution in [0.1, 0.15) is 122 Å². The van der Waals surface area contributed by atoms with Crippen molar-refractivity contribution < 1.29 is 153 Å². The normalized spacial score (nSPS) is 28.7. The van der Waals surface area contributed by atoms with Gasteiger partial charge in [-0.15, -0.1) is 0 Å². The number of fused-ring (bicyclic) bond motifs is 2. The number of methoxy groups -OCH3 is 5. The van der Waals surface area contributed by atoms with Crippen LogP contribution in [0.4, 0.5) is 4.79 Å². The van der Waals surface area contributed by atoms with Gasteiger partial charge in [0.25, 0.3) is 0 Å². The fourth-order valence-corrected chi connectivity index (χ4v) is 18.2. The Labute approximate surface area is 761 Å². The largest absolute Gasteiger partial charge is 0.668 e. The van der Waals surface area contributed by atoms with Crippen LogP contribution in [0.15, 0.2) is 64.4 Å². The number of amides is 4. The van der Waals surface area contributed by atoms with Gasteiger partial charge in [-0.05, 0) is 161 Å². The van der Waals surface area contributed by atoms with Crippen LogP contribution in [0, 0.1) is 34.2 Å². The number of hydroxylamine groups is 1. The number of hydrogen-bond acceptors (Lipinski definition) is 35. The number of alkyl carbamates (subject to hydrolysis) is 1. The molecule has 8 rings (SSSR count). The second-order valence-electron chi connectivity index (χ2n) is 27.5. The number of likely N-dealkylation sites (N-methyl/N-ethyl adjacent to an activating group) is 1. The standard InChI is InChI=1S/C73H97IN6O25S3.C3H8S2.CH4S3.Y/c1-15-80(41(7)81)45-35-98-52(32-49(45)92-10)103-65-60(87)57(79-105-53-31-46(82)67(40(6)99-53)107-68(89)54-36(2)56(74)63(66(95-13)62(54)93-11)104-69-61(88)64(94-12)59(86)39(5)101-69)38(4)100-70(65)102-48-21-18-16-17-19-28-73(91)33-47(83)58(76-71(90)96-14)55(48)44(73)27-30-106-108-72(8,9)34-51(85)78-77-37(3)42-23-25-43(26-24-42)97-29-20-22-50(75)84;1-3-5-4-2;1-3-4-2;/h16-17,23-27,38-40,45-46,48-49,52-53,57,59-61,64-65,67,69-70,79,82,86-88,91H,15,20,22,29-35H2,1-14H3,(H4,75,76,78,84,85,90);3H2,1-2H3;2H,1H3;/p-1/b17-16-,44-27+,77-37+;;;/t38-,39+,40-,45+,46+,48-,49+,52+,53+,57-,59+,60+,61-,64-,65-,67-,69+,70+,73+;;;/m1.../s1. The molecule has 4 heterocycles. The number of hydrogen-bond donors (Lipinski definition) is 9. The average molecular weight is 1990 g/mol. The molecule has 2 aromatic rings. The summed E-state index contributed by atoms with van der Waals surface area (Å²) < 4.78 is 78.1. The third-order valence-corrected chi connectivity index (χ3v) is 28.6. The van der Waals surface area contributed by atoms with Gasteiger partial charge in [-0.2, -0.15) is 10.6 Å². The van der Waals surface area contributed by atoms with Crippen LogP contribution in [0.5, 0.6) is 23.0 Å². The van der Waals surface area contributed by atoms with Crippen molar-refractivity contribution >= 4 is 150 Å². The average Bonchev–Trinajstić information content (AvgIpc) is 0.753. The van der Waals surface area contributed by atoms with Gasteiger partial charge in [-0.25, -0.2) is 10.2 Å². The molecule has 41 heteroatoms. The van der Waals surface area contributed by atoms with Crippen LogP contribution < -0.4 is 35.2 Å². The molecule has 6 aliphatic rings. The molecule has 118 heavy (non-hydrogen) atoms. The molecule has 0 spiro atoms. The summed E-state index contributed by atoms with van der Waals surface area (Å²) >= 11 is 6.58. The Balaban J connectivity index is 0.00000235. The van der Waals surface area contributed by atoms with Gasteiger partial charge in [0, 0.05) is 113 Å². The number of allylic oxidation sites excluding steroid dienone is 3. The van der Waals surface area contributed by atoms with Gasteiger partial charge >= 0.3 is 6.09 Å². The molecule has 0 aromatic heterocycles. The number of benzene rings is 2. The fourth-order valence-electron chi connectivity index (χ4n) is 13.1. The number of ketones is 1. The topological polar surface area (TPSA) is 408 Å². The van der Waals surface area contributed by atoms with E-state index in [2.05, 4.69) is 69.8 Å². The predicted molar refractivity (Wildman–Crippen MR) is 467 cm³/mol. The minimum atomic E-state index is -2.23. The first kappa shape index (κ1) is 105. The van der Waals surface area contributed by atoms with Crippen molar-refractivity contribution in [2.45, 2.75) is 228 Å². The summed E-state index contributed by atoms with van der Waals surface area (Å²) in [5.74, 6) is 11.4. The number of aliphatic hydroxyl groups excluding tert-OH is 4. The maximum atomic E-state index is 14.6. The molecule has 4 fully saturated rings. The molecular formula is C77H108IN6O25S8Y-. The van der Waals surface area contributed by atoms with Gasteiger partial charge in [0.15, 0.2) is 41.8 Å². The third-order valence-electron chi connectivity index (χ3n) is 18.9. The molecule has 31 nitrogen and oxygen atoms in total. The number of aliphatic hydroxyl groups is 5. The number of nitrogens with zero attached hydrogens (tertiary/aromatic N) is 2. The number of thiol groups is 1. The number of Topliss-reactive ketones (excluding diaryl/α,β-unsaturated/α-hetero) is 1. The Morgan fingerprint density at radius 2 is 1.53 bits per heavy atom. The van der Waals surface area contributed by atoms with E-state index in [1.54, 1.807) is 80.7 Å². The summed E-state index contributed by atoms with van der Waals surface area (Å²) in [5.41, 5.74) is 11.6. The van der Waals surface area contributed by atoms with Crippen molar-refractivity contribution in [2.24, 2.45) is 5.10 Å². The van der Waals surface area contributed by atoms with E-state index in [9.17, 15) is 54.3 Å². The number of thioether (sulfide) groups is 1. The van der Waals surface area contributed by atoms with Crippen LogP contribution in [-0.2, 0) is 99.4 Å². The summed E-state index contributed by atoms with van der Waals surface area (Å²) in [4.78, 5) is 87.4. The Hall–Kier alpha value is -3.30. The van der Waals surface area contributed by atoms with Crippen LogP contribution in [-0.4, -0.2) is 270 Å². The van der Waals surface area contributed by atoms with Crippen LogP contribution in [0.2, 0.25) is 0 Å². The first-order valence-corrected chi connectivity index (χ1v) is 47.8. The number of ether oxygens (including phenoxy) is 13. The van der Waals surface area contributed by atoms with Gasteiger partial charge in [-0.1, -0.05) is 114 Å². The van der Waals surface area contributed by atoms with E-state index in [1.165, 1.54) is 84.7 Å². The van der Waals surface area contributed by atoms with E-state index < -0.39 is 149 Å². The van der Waals surface area contributed by atoms with Gasteiger partial charge in [-0.3, -0.25) is 29.3 Å². The molecule has 2 aliphatic carbocycles. The molecule has 2 aromatic carbocycles. The molecule has 1 radical (unpaired) electrons. The second-order valence-corrected chi connectivity index (χ2v) is 38.9. The fraction of sp³-hybridized carbons (Fsp3) is 0.623. The van der Waals surface area contributed by atoms with E-state index in [-0.39, 0.29) is 129 Å². The molecule has 0 unspecified atom stereocenters. The first-order chi connectivity index (χ1) is 55.6. The van der Waals surface area contributed by atoms with Crippen molar-refractivity contribution in [2.75, 3.05) is 79.3 Å². The van der Waals surface area contributed by atoms with E-state index in [0.717, 1.165) is 24.4 Å². The Morgan fingerprint density at radius 3 is 2.13 bits per heavy atom. The molecule has 4 amide bonds. The van der Waals surface area contributed by atoms with Crippen molar-refractivity contribution in [1.82, 2.24) is 21.1 Å². The summed E-state index contributed by atoms with van der Waals surface area (Å²) in [7, 11) is 16.1. The van der Waals surface area contributed by atoms with Crippen molar-refractivity contribution in [3.63, 3.8) is 0 Å². The van der Waals surface area contributed by atoms with E-state index in [0.29, 0.717) is 33.6 Å². The number of nitrogens with one attached hydrogen (secondary N) is 4. The first-order valence-electron chi connectivity index (χ1n) is 37.2. The summed E-state index contributed by atoms with van der Waals surface area (Å²) in [5, 5.41) is 64.5. The summed E-state index contributed by atoms with van der Waals surface area (Å²) in [6.07, 6.45) is -11.3. The number of halogens is 1. The molecule has 655 valence electrons.